The number of nitrogens with two attached hydrogens (primary N) is 1. The molecule has 0 radical (unpaired) electrons. The molecule has 3 N–H and O–H groups in total. The fourth-order valence-corrected chi connectivity index (χ4v) is 2.66. The zero-order valence-electron chi connectivity index (χ0n) is 11.6. The highest BCUT2D eigenvalue weighted by molar-refractivity contribution is 6.31. The van der Waals surface area contributed by atoms with Crippen molar-refractivity contribution in [2.24, 2.45) is 5.73 Å². The Morgan fingerprint density at radius 3 is 2.57 bits per heavy atom. The maximum atomic E-state index is 13.2. The number of para-hydroxylation sites is 1. The Bertz CT molecular complexity index is 621. The molecule has 0 bridgehead atoms. The summed E-state index contributed by atoms with van der Waals surface area (Å²) in [6.07, 6.45) is -0.894. The van der Waals surface area contributed by atoms with Crippen LogP contribution in [0.1, 0.15) is 23.1 Å². The SMILES string of the molecule is COc1ccccc1C(O)C(CN)c1ccc(F)cc1Cl. The van der Waals surface area contributed by atoms with Gasteiger partial charge in [0.05, 0.1) is 13.2 Å². The molecule has 2 atom stereocenters. The van der Waals surface area contributed by atoms with E-state index in [1.165, 1.54) is 19.2 Å². The summed E-state index contributed by atoms with van der Waals surface area (Å²) in [5, 5.41) is 10.9. The van der Waals surface area contributed by atoms with E-state index >= 15 is 0 Å². The molecule has 0 fully saturated rings. The monoisotopic (exact) mass is 309 g/mol. The number of hydrogen-bond acceptors (Lipinski definition) is 3. The van der Waals surface area contributed by atoms with Gasteiger partial charge in [-0.15, -0.1) is 0 Å². The van der Waals surface area contributed by atoms with Crippen molar-refractivity contribution in [1.29, 1.82) is 0 Å². The van der Waals surface area contributed by atoms with E-state index in [0.717, 1.165) is 0 Å². The van der Waals surface area contributed by atoms with Crippen molar-refractivity contribution >= 4 is 11.6 Å². The average Bonchev–Trinajstić information content (AvgIpc) is 2.49. The number of ether oxygens (including phenoxy) is 1. The average molecular weight is 310 g/mol. The zero-order valence-corrected chi connectivity index (χ0v) is 12.3. The van der Waals surface area contributed by atoms with E-state index < -0.39 is 17.8 Å². The highest BCUT2D eigenvalue weighted by Gasteiger charge is 2.26. The molecule has 21 heavy (non-hydrogen) atoms. The van der Waals surface area contributed by atoms with Gasteiger partial charge in [0.1, 0.15) is 11.6 Å². The molecule has 0 saturated carbocycles. The molecule has 2 aromatic carbocycles. The third-order valence-electron chi connectivity index (χ3n) is 3.45. The number of rotatable bonds is 5. The van der Waals surface area contributed by atoms with Crippen LogP contribution in [0.5, 0.6) is 5.75 Å². The van der Waals surface area contributed by atoms with Crippen LogP contribution in [0.25, 0.3) is 0 Å². The first-order chi connectivity index (χ1) is 10.1. The summed E-state index contributed by atoms with van der Waals surface area (Å²) in [5.74, 6) is -0.303. The Hall–Kier alpha value is -1.62. The second-order valence-corrected chi connectivity index (χ2v) is 5.10. The van der Waals surface area contributed by atoms with Crippen molar-refractivity contribution in [3.8, 4) is 5.75 Å². The Labute approximate surface area is 128 Å². The Balaban J connectivity index is 2.40. The lowest BCUT2D eigenvalue weighted by atomic mass is 9.88. The van der Waals surface area contributed by atoms with E-state index in [1.54, 1.807) is 24.3 Å². The van der Waals surface area contributed by atoms with Crippen molar-refractivity contribution in [1.82, 2.24) is 0 Å². The molecule has 5 heteroatoms. The first-order valence-electron chi connectivity index (χ1n) is 6.54. The number of halogens is 2. The summed E-state index contributed by atoms with van der Waals surface area (Å²) in [7, 11) is 1.54. The first kappa shape index (κ1) is 15.8. The third-order valence-corrected chi connectivity index (χ3v) is 3.78. The van der Waals surface area contributed by atoms with Gasteiger partial charge in [0.2, 0.25) is 0 Å². The lowest BCUT2D eigenvalue weighted by Gasteiger charge is -2.24. The van der Waals surface area contributed by atoms with E-state index in [-0.39, 0.29) is 11.6 Å². The third kappa shape index (κ3) is 3.35. The van der Waals surface area contributed by atoms with Crippen LogP contribution < -0.4 is 10.5 Å². The quantitative estimate of drug-likeness (QED) is 0.891. The lowest BCUT2D eigenvalue weighted by Crippen LogP contribution is -2.21. The van der Waals surface area contributed by atoms with Gasteiger partial charge in [-0.05, 0) is 23.8 Å². The highest BCUT2D eigenvalue weighted by Crippen LogP contribution is 2.37. The molecule has 112 valence electrons. The number of methoxy groups -OCH3 is 1. The molecule has 2 aromatic rings. The molecular weight excluding hydrogens is 293 g/mol. The van der Waals surface area contributed by atoms with Crippen LogP contribution in [-0.4, -0.2) is 18.8 Å². The van der Waals surface area contributed by atoms with E-state index in [4.69, 9.17) is 22.1 Å². The molecule has 3 nitrogen and oxygen atoms in total. The van der Waals surface area contributed by atoms with Crippen LogP contribution in [0, 0.1) is 5.82 Å². The standard InChI is InChI=1S/C16H17ClFNO2/c1-21-15-5-3-2-4-12(15)16(20)13(9-19)11-7-6-10(18)8-14(11)17/h2-8,13,16,20H,9,19H2,1H3. The fourth-order valence-electron chi connectivity index (χ4n) is 2.36. The molecule has 0 amide bonds. The van der Waals surface area contributed by atoms with Gasteiger partial charge in [-0.25, -0.2) is 4.39 Å². The number of aliphatic hydroxyl groups is 1. The van der Waals surface area contributed by atoms with Gasteiger partial charge in [-0.2, -0.15) is 0 Å². The van der Waals surface area contributed by atoms with Gasteiger partial charge in [0.25, 0.3) is 0 Å². The maximum absolute atomic E-state index is 13.2. The van der Waals surface area contributed by atoms with Gasteiger partial charge in [-0.3, -0.25) is 0 Å². The Kier molecular flexibility index (Phi) is 5.17. The van der Waals surface area contributed by atoms with Gasteiger partial charge < -0.3 is 15.6 Å². The summed E-state index contributed by atoms with van der Waals surface area (Å²) in [6.45, 7) is 0.171. The molecule has 0 spiro atoms. The zero-order chi connectivity index (χ0) is 15.4. The Morgan fingerprint density at radius 1 is 1.24 bits per heavy atom. The molecular formula is C16H17ClFNO2. The van der Waals surface area contributed by atoms with E-state index in [2.05, 4.69) is 0 Å². The van der Waals surface area contributed by atoms with Gasteiger partial charge in [0.15, 0.2) is 0 Å². The van der Waals surface area contributed by atoms with E-state index in [0.29, 0.717) is 16.9 Å². The number of hydrogen-bond donors (Lipinski definition) is 2. The van der Waals surface area contributed by atoms with Gasteiger partial charge in [-0.1, -0.05) is 35.9 Å². The first-order valence-corrected chi connectivity index (χ1v) is 6.92. The summed E-state index contributed by atoms with van der Waals surface area (Å²) in [5.41, 5.74) is 7.02. The predicted octanol–water partition coefficient (Wildman–Crippen LogP) is 3.26. The molecule has 2 unspecified atom stereocenters. The summed E-state index contributed by atoms with van der Waals surface area (Å²) < 4.78 is 18.4. The second kappa shape index (κ2) is 6.89. The van der Waals surface area contributed by atoms with Crippen LogP contribution in [0.2, 0.25) is 5.02 Å². The maximum Gasteiger partial charge on any atom is 0.124 e. The molecule has 0 aromatic heterocycles. The number of aliphatic hydroxyl groups excluding tert-OH is 1. The highest BCUT2D eigenvalue weighted by atomic mass is 35.5. The van der Waals surface area contributed by atoms with E-state index in [9.17, 15) is 9.50 Å². The Morgan fingerprint density at radius 2 is 1.95 bits per heavy atom. The summed E-state index contributed by atoms with van der Waals surface area (Å²) >= 11 is 6.07. The predicted molar refractivity (Wildman–Crippen MR) is 81.2 cm³/mol. The lowest BCUT2D eigenvalue weighted by molar-refractivity contribution is 0.144. The van der Waals surface area contributed by atoms with Gasteiger partial charge >= 0.3 is 0 Å². The number of benzene rings is 2. The van der Waals surface area contributed by atoms with E-state index in [1.807, 2.05) is 6.07 Å². The van der Waals surface area contributed by atoms with Crippen molar-refractivity contribution in [3.63, 3.8) is 0 Å². The normalized spacial score (nSPS) is 13.8. The van der Waals surface area contributed by atoms with Crippen molar-refractivity contribution in [2.45, 2.75) is 12.0 Å². The molecule has 0 aliphatic rings. The fraction of sp³-hybridized carbons (Fsp3) is 0.250. The molecule has 0 aliphatic carbocycles. The van der Waals surface area contributed by atoms with Crippen LogP contribution >= 0.6 is 11.6 Å². The molecule has 0 aliphatic heterocycles. The van der Waals surface area contributed by atoms with Crippen LogP contribution in [0.3, 0.4) is 0 Å². The summed E-state index contributed by atoms with van der Waals surface area (Å²) in [4.78, 5) is 0. The van der Waals surface area contributed by atoms with Crippen LogP contribution in [-0.2, 0) is 0 Å². The second-order valence-electron chi connectivity index (χ2n) is 4.69. The smallest absolute Gasteiger partial charge is 0.124 e. The van der Waals surface area contributed by atoms with Crippen molar-refractivity contribution in [2.75, 3.05) is 13.7 Å². The molecule has 0 saturated heterocycles. The largest absolute Gasteiger partial charge is 0.496 e. The molecule has 2 rings (SSSR count). The summed E-state index contributed by atoms with van der Waals surface area (Å²) in [6, 6.07) is 11.2. The van der Waals surface area contributed by atoms with Crippen molar-refractivity contribution in [3.05, 3.63) is 64.4 Å². The molecule has 0 heterocycles. The van der Waals surface area contributed by atoms with Crippen molar-refractivity contribution < 1.29 is 14.2 Å². The minimum Gasteiger partial charge on any atom is -0.496 e. The minimum absolute atomic E-state index is 0.171. The van der Waals surface area contributed by atoms with Gasteiger partial charge in [0, 0.05) is 23.0 Å². The van der Waals surface area contributed by atoms with Crippen LogP contribution in [0.4, 0.5) is 4.39 Å². The van der Waals surface area contributed by atoms with Crippen LogP contribution in [0.15, 0.2) is 42.5 Å². The topological polar surface area (TPSA) is 55.5 Å². The minimum atomic E-state index is -0.894.